The van der Waals surface area contributed by atoms with Crippen molar-refractivity contribution in [3.63, 3.8) is 0 Å². The van der Waals surface area contributed by atoms with Gasteiger partial charge in [-0.3, -0.25) is 9.59 Å². The lowest BCUT2D eigenvalue weighted by Crippen LogP contribution is -2.18. The van der Waals surface area contributed by atoms with Crippen molar-refractivity contribution in [3.8, 4) is 0 Å². The Hall–Kier alpha value is -2.72. The molecule has 28 heavy (non-hydrogen) atoms. The van der Waals surface area contributed by atoms with Gasteiger partial charge in [0.1, 0.15) is 5.82 Å². The lowest BCUT2D eigenvalue weighted by atomic mass is 10.1. The van der Waals surface area contributed by atoms with Crippen LogP contribution in [0.1, 0.15) is 18.3 Å². The van der Waals surface area contributed by atoms with E-state index in [0.717, 1.165) is 17.7 Å². The molecule has 0 saturated heterocycles. The highest BCUT2D eigenvalue weighted by Gasteiger charge is 2.15. The van der Waals surface area contributed by atoms with Crippen molar-refractivity contribution in [3.05, 3.63) is 47.2 Å². The molecule has 0 aliphatic heterocycles. The van der Waals surface area contributed by atoms with Crippen LogP contribution in [0, 0.1) is 0 Å². The van der Waals surface area contributed by atoms with Crippen LogP contribution in [0.25, 0.3) is 0 Å². The summed E-state index contributed by atoms with van der Waals surface area (Å²) in [4.78, 5) is 28.4. The Balaban J connectivity index is 1.55. The molecule has 3 aromatic rings. The second-order valence-electron chi connectivity index (χ2n) is 5.87. The summed E-state index contributed by atoms with van der Waals surface area (Å²) in [5.41, 5.74) is 1.89. The standard InChI is InChI=1S/C18H20N6O2S2/c1-3-12-6-4-5-7-13(12)20-15(25)10-14-22-23-18(24(14)2)28-11-16(26)21-17-19-8-9-27-17/h4-9H,3,10-11H2,1-2H3,(H,20,25)(H,19,21,26). The molecule has 1 aromatic carbocycles. The van der Waals surface area contributed by atoms with E-state index in [0.29, 0.717) is 16.1 Å². The van der Waals surface area contributed by atoms with E-state index in [1.807, 2.05) is 31.2 Å². The van der Waals surface area contributed by atoms with E-state index in [1.165, 1.54) is 23.1 Å². The average molecular weight is 417 g/mol. The largest absolute Gasteiger partial charge is 0.325 e. The van der Waals surface area contributed by atoms with E-state index in [2.05, 4.69) is 25.8 Å². The number of carbonyl (C=O) groups excluding carboxylic acids is 2. The monoisotopic (exact) mass is 416 g/mol. The first-order chi connectivity index (χ1) is 13.6. The molecule has 146 valence electrons. The maximum atomic E-state index is 12.4. The molecule has 0 radical (unpaired) electrons. The third kappa shape index (κ3) is 5.17. The van der Waals surface area contributed by atoms with Crippen LogP contribution in [0.15, 0.2) is 41.0 Å². The molecule has 0 bridgehead atoms. The van der Waals surface area contributed by atoms with Crippen LogP contribution >= 0.6 is 23.1 Å². The molecular weight excluding hydrogens is 396 g/mol. The van der Waals surface area contributed by atoms with Crippen molar-refractivity contribution in [2.45, 2.75) is 24.9 Å². The SMILES string of the molecule is CCc1ccccc1NC(=O)Cc1nnc(SCC(=O)Nc2nccs2)n1C. The highest BCUT2D eigenvalue weighted by molar-refractivity contribution is 7.99. The molecule has 0 saturated carbocycles. The van der Waals surface area contributed by atoms with Gasteiger partial charge in [0.2, 0.25) is 11.8 Å². The molecule has 0 spiro atoms. The number of nitrogens with zero attached hydrogens (tertiary/aromatic N) is 4. The summed E-state index contributed by atoms with van der Waals surface area (Å²) in [7, 11) is 1.78. The quantitative estimate of drug-likeness (QED) is 0.548. The van der Waals surface area contributed by atoms with Crippen molar-refractivity contribution in [2.24, 2.45) is 7.05 Å². The molecule has 0 aliphatic carbocycles. The Morgan fingerprint density at radius 1 is 1.18 bits per heavy atom. The topological polar surface area (TPSA) is 102 Å². The first-order valence-electron chi connectivity index (χ1n) is 8.65. The van der Waals surface area contributed by atoms with Crippen molar-refractivity contribution in [2.75, 3.05) is 16.4 Å². The summed E-state index contributed by atoms with van der Waals surface area (Å²) in [6.45, 7) is 2.04. The summed E-state index contributed by atoms with van der Waals surface area (Å²) < 4.78 is 1.73. The Bertz CT molecular complexity index is 955. The van der Waals surface area contributed by atoms with Gasteiger partial charge in [-0.15, -0.1) is 21.5 Å². The molecule has 2 amide bonds. The minimum atomic E-state index is -0.168. The zero-order valence-corrected chi connectivity index (χ0v) is 17.1. The van der Waals surface area contributed by atoms with E-state index in [1.54, 1.807) is 23.2 Å². The average Bonchev–Trinajstić information content (AvgIpc) is 3.31. The van der Waals surface area contributed by atoms with Crippen LogP contribution in [0.5, 0.6) is 0 Å². The molecule has 0 fully saturated rings. The third-order valence-electron chi connectivity index (χ3n) is 3.93. The van der Waals surface area contributed by atoms with Gasteiger partial charge in [0.15, 0.2) is 10.3 Å². The molecule has 2 aromatic heterocycles. The maximum absolute atomic E-state index is 12.4. The molecule has 0 atom stereocenters. The first kappa shape index (κ1) is 20.0. The fraction of sp³-hybridized carbons (Fsp3) is 0.278. The van der Waals surface area contributed by atoms with Gasteiger partial charge in [-0.2, -0.15) is 0 Å². The molecule has 2 N–H and O–H groups in total. The minimum Gasteiger partial charge on any atom is -0.325 e. The summed E-state index contributed by atoms with van der Waals surface area (Å²) in [6, 6.07) is 7.72. The number of amides is 2. The number of nitrogens with one attached hydrogen (secondary N) is 2. The van der Waals surface area contributed by atoms with Gasteiger partial charge in [-0.1, -0.05) is 36.9 Å². The van der Waals surface area contributed by atoms with Crippen molar-refractivity contribution in [1.82, 2.24) is 19.7 Å². The number of hydrogen-bond donors (Lipinski definition) is 2. The Morgan fingerprint density at radius 3 is 2.75 bits per heavy atom. The molecule has 3 rings (SSSR count). The van der Waals surface area contributed by atoms with Crippen LogP contribution < -0.4 is 10.6 Å². The molecule has 8 nitrogen and oxygen atoms in total. The lowest BCUT2D eigenvalue weighted by molar-refractivity contribution is -0.116. The van der Waals surface area contributed by atoms with Gasteiger partial charge in [0.25, 0.3) is 0 Å². The van der Waals surface area contributed by atoms with E-state index in [9.17, 15) is 9.59 Å². The number of carbonyl (C=O) groups is 2. The molecule has 2 heterocycles. The lowest BCUT2D eigenvalue weighted by Gasteiger charge is -2.09. The number of hydrogen-bond acceptors (Lipinski definition) is 7. The number of para-hydroxylation sites is 1. The van der Waals surface area contributed by atoms with Crippen LogP contribution in [0.4, 0.5) is 10.8 Å². The van der Waals surface area contributed by atoms with Crippen LogP contribution in [-0.2, 0) is 29.5 Å². The maximum Gasteiger partial charge on any atom is 0.236 e. The van der Waals surface area contributed by atoms with E-state index in [-0.39, 0.29) is 24.0 Å². The highest BCUT2D eigenvalue weighted by atomic mass is 32.2. The second-order valence-corrected chi connectivity index (χ2v) is 7.70. The number of benzene rings is 1. The normalized spacial score (nSPS) is 10.6. The van der Waals surface area contributed by atoms with Gasteiger partial charge >= 0.3 is 0 Å². The first-order valence-corrected chi connectivity index (χ1v) is 10.5. The van der Waals surface area contributed by atoms with Crippen LogP contribution in [-0.4, -0.2) is 37.3 Å². The van der Waals surface area contributed by atoms with Gasteiger partial charge in [-0.25, -0.2) is 4.98 Å². The van der Waals surface area contributed by atoms with Crippen LogP contribution in [0.2, 0.25) is 0 Å². The van der Waals surface area contributed by atoms with Crippen molar-refractivity contribution >= 4 is 45.7 Å². The Labute approximate surface area is 170 Å². The van der Waals surface area contributed by atoms with E-state index >= 15 is 0 Å². The molecule has 0 unspecified atom stereocenters. The van der Waals surface area contributed by atoms with Crippen LogP contribution in [0.3, 0.4) is 0 Å². The van der Waals surface area contributed by atoms with Gasteiger partial charge < -0.3 is 15.2 Å². The number of thioether (sulfide) groups is 1. The van der Waals surface area contributed by atoms with Crippen molar-refractivity contribution in [1.29, 1.82) is 0 Å². The third-order valence-corrected chi connectivity index (χ3v) is 5.64. The Kier molecular flexibility index (Phi) is 6.77. The predicted octanol–water partition coefficient (Wildman–Crippen LogP) is 2.75. The van der Waals surface area contributed by atoms with Crippen molar-refractivity contribution < 1.29 is 9.59 Å². The zero-order chi connectivity index (χ0) is 19.9. The number of aromatic nitrogens is 4. The zero-order valence-electron chi connectivity index (χ0n) is 15.5. The van der Waals surface area contributed by atoms with Gasteiger partial charge in [0.05, 0.1) is 12.2 Å². The number of rotatable bonds is 8. The number of thiazole rings is 1. The molecule has 0 aliphatic rings. The summed E-state index contributed by atoms with van der Waals surface area (Å²) in [5.74, 6) is 0.393. The summed E-state index contributed by atoms with van der Waals surface area (Å²) in [5, 5.41) is 16.7. The summed E-state index contributed by atoms with van der Waals surface area (Å²) in [6.07, 6.45) is 2.57. The fourth-order valence-electron chi connectivity index (χ4n) is 2.48. The van der Waals surface area contributed by atoms with E-state index < -0.39 is 0 Å². The Morgan fingerprint density at radius 2 is 2.00 bits per heavy atom. The predicted molar refractivity (Wildman–Crippen MR) is 111 cm³/mol. The van der Waals surface area contributed by atoms with Gasteiger partial charge in [-0.05, 0) is 18.1 Å². The molecule has 10 heteroatoms. The van der Waals surface area contributed by atoms with E-state index in [4.69, 9.17) is 0 Å². The summed E-state index contributed by atoms with van der Waals surface area (Å²) >= 11 is 2.62. The second kappa shape index (κ2) is 9.47. The number of anilines is 2. The fourth-order valence-corrected chi connectivity index (χ4v) is 3.76. The highest BCUT2D eigenvalue weighted by Crippen LogP contribution is 2.19. The number of aryl methyl sites for hydroxylation is 1. The smallest absolute Gasteiger partial charge is 0.236 e. The van der Waals surface area contributed by atoms with Gasteiger partial charge in [0, 0.05) is 24.3 Å². The molecular formula is C18H20N6O2S2. The minimum absolute atomic E-state index is 0.105.